The summed E-state index contributed by atoms with van der Waals surface area (Å²) in [6.07, 6.45) is 0. The molecule has 0 aromatic heterocycles. The maximum absolute atomic E-state index is 5.74. The average molecular weight is 189 g/mol. The first-order valence-electron chi connectivity index (χ1n) is 2.74. The lowest BCUT2D eigenvalue weighted by molar-refractivity contribution is 0.129. The number of rotatable bonds is 4. The Labute approximate surface area is 67.8 Å². The fourth-order valence-corrected chi connectivity index (χ4v) is 0.709. The van der Waals surface area contributed by atoms with Crippen LogP contribution in [0.25, 0.3) is 0 Å². The van der Waals surface area contributed by atoms with Crippen molar-refractivity contribution in [2.75, 3.05) is 13.3 Å². The van der Waals surface area contributed by atoms with Crippen molar-refractivity contribution in [3.05, 3.63) is 0 Å². The third kappa shape index (κ3) is 6.86. The highest BCUT2D eigenvalue weighted by molar-refractivity contribution is 7.40. The second-order valence-corrected chi connectivity index (χ2v) is 4.41. The topological polar surface area (TPSA) is 9.23 Å². The van der Waals surface area contributed by atoms with Crippen LogP contribution in [0.1, 0.15) is 6.92 Å². The fourth-order valence-electron chi connectivity index (χ4n) is 0.300. The summed E-state index contributed by atoms with van der Waals surface area (Å²) >= 11 is 11.2. The number of ether oxygens (including phenoxy) is 1. The highest BCUT2D eigenvalue weighted by Gasteiger charge is 2.02. The van der Waals surface area contributed by atoms with Gasteiger partial charge >= 0.3 is 0 Å². The molecule has 9 heavy (non-hydrogen) atoms. The predicted octanol–water partition coefficient (Wildman–Crippen LogP) is 2.46. The van der Waals surface area contributed by atoms with E-state index in [0.717, 1.165) is 0 Å². The summed E-state index contributed by atoms with van der Waals surface area (Å²) in [4.78, 5) is 0. The van der Waals surface area contributed by atoms with E-state index in [4.69, 9.17) is 27.9 Å². The Kier molecular flexibility index (Phi) is 6.35. The van der Waals surface area contributed by atoms with Crippen LogP contribution in [0.4, 0.5) is 0 Å². The van der Waals surface area contributed by atoms with Crippen LogP contribution in [0, 0.1) is 0 Å². The monoisotopic (exact) mass is 188 g/mol. The molecule has 0 heterocycles. The standard InChI is InChI=1S/C5H11Cl2OP/c1-4(6)8-3-5(7)9-2/h4-5,9H,3H2,1-2H3. The Hall–Kier alpha value is 0.970. The van der Waals surface area contributed by atoms with Gasteiger partial charge in [0.05, 0.1) is 11.7 Å². The van der Waals surface area contributed by atoms with Gasteiger partial charge in [-0.1, -0.05) is 11.6 Å². The van der Waals surface area contributed by atoms with Crippen LogP contribution in [-0.2, 0) is 4.74 Å². The molecule has 3 unspecified atom stereocenters. The third-order valence-electron chi connectivity index (χ3n) is 0.785. The Morgan fingerprint density at radius 3 is 2.44 bits per heavy atom. The summed E-state index contributed by atoms with van der Waals surface area (Å²) < 4.78 is 5.03. The van der Waals surface area contributed by atoms with Gasteiger partial charge in [0.25, 0.3) is 0 Å². The molecule has 0 saturated heterocycles. The van der Waals surface area contributed by atoms with Crippen molar-refractivity contribution in [3.63, 3.8) is 0 Å². The van der Waals surface area contributed by atoms with Gasteiger partial charge < -0.3 is 4.74 Å². The van der Waals surface area contributed by atoms with Crippen LogP contribution >= 0.6 is 31.8 Å². The van der Waals surface area contributed by atoms with Crippen LogP contribution in [0.2, 0.25) is 0 Å². The van der Waals surface area contributed by atoms with Crippen LogP contribution in [-0.4, -0.2) is 24.0 Å². The molecule has 0 aliphatic rings. The SMILES string of the molecule is CPC(Cl)COC(C)Cl. The van der Waals surface area contributed by atoms with Crippen molar-refractivity contribution in [2.45, 2.75) is 17.6 Å². The zero-order valence-corrected chi connectivity index (χ0v) is 8.04. The number of halogens is 2. The summed E-state index contributed by atoms with van der Waals surface area (Å²) in [5.41, 5.74) is -0.220. The Balaban J connectivity index is 3.06. The Morgan fingerprint density at radius 1 is 1.56 bits per heavy atom. The highest BCUT2D eigenvalue weighted by atomic mass is 35.5. The molecule has 0 aliphatic carbocycles. The molecule has 0 aromatic rings. The quantitative estimate of drug-likeness (QED) is 0.487. The van der Waals surface area contributed by atoms with Gasteiger partial charge in [0.2, 0.25) is 0 Å². The highest BCUT2D eigenvalue weighted by Crippen LogP contribution is 2.18. The van der Waals surface area contributed by atoms with E-state index in [9.17, 15) is 0 Å². The van der Waals surface area contributed by atoms with E-state index in [1.807, 2.05) is 6.66 Å². The smallest absolute Gasteiger partial charge is 0.128 e. The van der Waals surface area contributed by atoms with E-state index in [1.54, 1.807) is 6.92 Å². The lowest BCUT2D eigenvalue weighted by Gasteiger charge is -2.08. The van der Waals surface area contributed by atoms with Gasteiger partial charge in [0.15, 0.2) is 0 Å². The van der Waals surface area contributed by atoms with Crippen LogP contribution < -0.4 is 0 Å². The minimum absolute atomic E-state index is 0.131. The van der Waals surface area contributed by atoms with Gasteiger partial charge in [0.1, 0.15) is 5.56 Å². The summed E-state index contributed by atoms with van der Waals surface area (Å²) in [5.74, 6) is 0. The van der Waals surface area contributed by atoms with Crippen molar-refractivity contribution in [3.8, 4) is 0 Å². The molecule has 4 heteroatoms. The van der Waals surface area contributed by atoms with E-state index in [0.29, 0.717) is 15.2 Å². The summed E-state index contributed by atoms with van der Waals surface area (Å²) in [6.45, 7) is 4.38. The number of alkyl halides is 2. The molecule has 0 rings (SSSR count). The van der Waals surface area contributed by atoms with Gasteiger partial charge in [0, 0.05) is 0 Å². The molecule has 0 N–H and O–H groups in total. The molecule has 0 radical (unpaired) electrons. The second kappa shape index (κ2) is 5.73. The number of hydrogen-bond donors (Lipinski definition) is 0. The molecule has 0 amide bonds. The molecule has 3 atom stereocenters. The van der Waals surface area contributed by atoms with Crippen LogP contribution in [0.5, 0.6) is 0 Å². The molecule has 0 fully saturated rings. The van der Waals surface area contributed by atoms with Crippen molar-refractivity contribution >= 4 is 31.8 Å². The van der Waals surface area contributed by atoms with Gasteiger partial charge in [-0.05, 0) is 13.6 Å². The fraction of sp³-hybridized carbons (Fsp3) is 1.00. The zero-order chi connectivity index (χ0) is 7.28. The Morgan fingerprint density at radius 2 is 2.11 bits per heavy atom. The van der Waals surface area contributed by atoms with Crippen molar-refractivity contribution in [2.24, 2.45) is 0 Å². The molecule has 0 aliphatic heterocycles. The molecule has 0 bridgehead atoms. The minimum Gasteiger partial charge on any atom is -0.361 e. The van der Waals surface area contributed by atoms with E-state index in [1.165, 1.54) is 0 Å². The number of hydrogen-bond acceptors (Lipinski definition) is 1. The molecule has 0 spiro atoms. The van der Waals surface area contributed by atoms with Gasteiger partial charge in [-0.25, -0.2) is 0 Å². The zero-order valence-electron chi connectivity index (χ0n) is 5.53. The minimum atomic E-state index is -0.220. The molecule has 56 valence electrons. The maximum atomic E-state index is 5.74. The van der Waals surface area contributed by atoms with Crippen LogP contribution in [0.15, 0.2) is 0 Å². The average Bonchev–Trinajstić information content (AvgIpc) is 1.83. The first-order valence-corrected chi connectivity index (χ1v) is 5.19. The van der Waals surface area contributed by atoms with Crippen molar-refractivity contribution in [1.82, 2.24) is 0 Å². The summed E-state index contributed by atoms with van der Waals surface area (Å²) in [5, 5.41) is 0.131. The maximum Gasteiger partial charge on any atom is 0.128 e. The summed E-state index contributed by atoms with van der Waals surface area (Å²) in [7, 11) is 0.713. The molecule has 0 aromatic carbocycles. The van der Waals surface area contributed by atoms with Gasteiger partial charge in [-0.2, -0.15) is 0 Å². The molecule has 0 saturated carbocycles. The van der Waals surface area contributed by atoms with E-state index < -0.39 is 0 Å². The van der Waals surface area contributed by atoms with Crippen molar-refractivity contribution in [1.29, 1.82) is 0 Å². The second-order valence-electron chi connectivity index (χ2n) is 1.63. The van der Waals surface area contributed by atoms with E-state index >= 15 is 0 Å². The predicted molar refractivity (Wildman–Crippen MR) is 45.1 cm³/mol. The molecule has 1 nitrogen and oxygen atoms in total. The largest absolute Gasteiger partial charge is 0.361 e. The lowest BCUT2D eigenvalue weighted by Crippen LogP contribution is -2.07. The Bertz CT molecular complexity index is 70.0. The van der Waals surface area contributed by atoms with E-state index in [-0.39, 0.29) is 10.7 Å². The lowest BCUT2D eigenvalue weighted by atomic mass is 10.8. The normalized spacial score (nSPS) is 18.7. The molecular formula is C5H11Cl2OP. The van der Waals surface area contributed by atoms with Gasteiger partial charge in [-0.15, -0.1) is 20.2 Å². The van der Waals surface area contributed by atoms with Crippen LogP contribution in [0.3, 0.4) is 0 Å². The molecular weight excluding hydrogens is 178 g/mol. The first kappa shape index (κ1) is 9.97. The third-order valence-corrected chi connectivity index (χ3v) is 2.49. The summed E-state index contributed by atoms with van der Waals surface area (Å²) in [6, 6.07) is 0. The van der Waals surface area contributed by atoms with Crippen molar-refractivity contribution < 1.29 is 4.74 Å². The first-order chi connectivity index (χ1) is 4.16. The van der Waals surface area contributed by atoms with E-state index in [2.05, 4.69) is 0 Å². The van der Waals surface area contributed by atoms with Gasteiger partial charge in [-0.3, -0.25) is 0 Å².